The lowest BCUT2D eigenvalue weighted by atomic mass is 10.3. The molecule has 2 nitrogen and oxygen atoms in total. The van der Waals surface area contributed by atoms with Crippen molar-refractivity contribution in [2.45, 2.75) is 19.2 Å². The molecule has 66 valence electrons. The van der Waals surface area contributed by atoms with Crippen LogP contribution in [0.5, 0.6) is 0 Å². The lowest BCUT2D eigenvalue weighted by Gasteiger charge is -2.35. The smallest absolute Gasteiger partial charge is 0.0500 e. The maximum absolute atomic E-state index is 4.41. The van der Waals surface area contributed by atoms with Gasteiger partial charge in [0, 0.05) is 31.6 Å². The van der Waals surface area contributed by atoms with E-state index in [1.165, 1.54) is 32.7 Å². The van der Waals surface area contributed by atoms with Crippen molar-refractivity contribution in [1.29, 1.82) is 0 Å². The second-order valence-corrected chi connectivity index (χ2v) is 3.85. The standard InChI is InChI=1S/C8H18N2S/c1-3-9-4-6-10(7-5-9)8(2)11/h8,11H,3-7H2,1-2H3/t8-/m0/s1. The summed E-state index contributed by atoms with van der Waals surface area (Å²) in [4.78, 5) is 4.89. The molecule has 1 aliphatic rings. The third-order valence-corrected chi connectivity index (χ3v) is 2.71. The molecule has 0 aromatic heterocycles. The van der Waals surface area contributed by atoms with E-state index < -0.39 is 0 Å². The van der Waals surface area contributed by atoms with Gasteiger partial charge in [-0.3, -0.25) is 4.90 Å². The second kappa shape index (κ2) is 4.33. The first-order valence-corrected chi connectivity index (χ1v) is 4.90. The molecule has 0 saturated carbocycles. The van der Waals surface area contributed by atoms with E-state index in [4.69, 9.17) is 0 Å². The minimum absolute atomic E-state index is 0.425. The van der Waals surface area contributed by atoms with E-state index >= 15 is 0 Å². The Balaban J connectivity index is 2.24. The molecule has 0 aliphatic carbocycles. The number of likely N-dealkylation sites (N-methyl/N-ethyl adjacent to an activating group) is 1. The largest absolute Gasteiger partial charge is 0.301 e. The molecule has 1 fully saturated rings. The Bertz CT molecular complexity index is 109. The lowest BCUT2D eigenvalue weighted by molar-refractivity contribution is 0.134. The molecular formula is C8H18N2S. The summed E-state index contributed by atoms with van der Waals surface area (Å²) < 4.78 is 0. The van der Waals surface area contributed by atoms with E-state index in [9.17, 15) is 0 Å². The molecule has 0 N–H and O–H groups in total. The molecule has 1 heterocycles. The Labute approximate surface area is 75.0 Å². The van der Waals surface area contributed by atoms with E-state index in [1.54, 1.807) is 0 Å². The molecule has 0 aromatic rings. The van der Waals surface area contributed by atoms with Crippen LogP contribution >= 0.6 is 12.6 Å². The molecule has 0 aromatic carbocycles. The minimum atomic E-state index is 0.425. The highest BCUT2D eigenvalue weighted by atomic mass is 32.1. The van der Waals surface area contributed by atoms with Crippen molar-refractivity contribution in [3.8, 4) is 0 Å². The Morgan fingerprint density at radius 2 is 1.82 bits per heavy atom. The van der Waals surface area contributed by atoms with Gasteiger partial charge in [0.2, 0.25) is 0 Å². The predicted molar refractivity (Wildman–Crippen MR) is 52.1 cm³/mol. The fraction of sp³-hybridized carbons (Fsp3) is 1.00. The molecule has 3 heteroatoms. The van der Waals surface area contributed by atoms with Crippen LogP contribution in [0.2, 0.25) is 0 Å². The quantitative estimate of drug-likeness (QED) is 0.621. The summed E-state index contributed by atoms with van der Waals surface area (Å²) in [6.07, 6.45) is 0. The van der Waals surface area contributed by atoms with Gasteiger partial charge in [-0.2, -0.15) is 12.6 Å². The summed E-state index contributed by atoms with van der Waals surface area (Å²) in [5.41, 5.74) is 0. The fourth-order valence-electron chi connectivity index (χ4n) is 1.45. The highest BCUT2D eigenvalue weighted by molar-refractivity contribution is 7.80. The minimum Gasteiger partial charge on any atom is -0.301 e. The van der Waals surface area contributed by atoms with Gasteiger partial charge in [0.25, 0.3) is 0 Å². The SMILES string of the molecule is CCN1CCN([C@H](C)S)CC1. The summed E-state index contributed by atoms with van der Waals surface area (Å²) in [5, 5.41) is 0.425. The Kier molecular flexibility index (Phi) is 3.69. The number of thiol groups is 1. The maximum Gasteiger partial charge on any atom is 0.0500 e. The average Bonchev–Trinajstić information content (AvgIpc) is 2.05. The molecule has 0 amide bonds. The Hall–Kier alpha value is 0.270. The van der Waals surface area contributed by atoms with Gasteiger partial charge in [-0.15, -0.1) is 0 Å². The molecule has 0 bridgehead atoms. The van der Waals surface area contributed by atoms with Crippen LogP contribution < -0.4 is 0 Å². The van der Waals surface area contributed by atoms with Crippen molar-refractivity contribution >= 4 is 12.6 Å². The third kappa shape index (κ3) is 2.65. The highest BCUT2D eigenvalue weighted by Gasteiger charge is 2.17. The highest BCUT2D eigenvalue weighted by Crippen LogP contribution is 2.07. The van der Waals surface area contributed by atoms with Gasteiger partial charge in [-0.05, 0) is 13.5 Å². The van der Waals surface area contributed by atoms with Crippen LogP contribution in [0.1, 0.15) is 13.8 Å². The van der Waals surface area contributed by atoms with Crippen LogP contribution in [0.3, 0.4) is 0 Å². The van der Waals surface area contributed by atoms with E-state index in [-0.39, 0.29) is 0 Å². The number of hydrogen-bond donors (Lipinski definition) is 1. The van der Waals surface area contributed by atoms with Crippen LogP contribution in [0.25, 0.3) is 0 Å². The summed E-state index contributed by atoms with van der Waals surface area (Å²) >= 11 is 4.41. The normalized spacial score (nSPS) is 25.4. The summed E-state index contributed by atoms with van der Waals surface area (Å²) in [5.74, 6) is 0. The summed E-state index contributed by atoms with van der Waals surface area (Å²) in [6, 6.07) is 0. The lowest BCUT2D eigenvalue weighted by Crippen LogP contribution is -2.47. The number of nitrogens with zero attached hydrogens (tertiary/aromatic N) is 2. The van der Waals surface area contributed by atoms with Crippen molar-refractivity contribution in [2.24, 2.45) is 0 Å². The molecule has 1 atom stereocenters. The monoisotopic (exact) mass is 174 g/mol. The third-order valence-electron chi connectivity index (χ3n) is 2.38. The number of piperazine rings is 1. The van der Waals surface area contributed by atoms with Crippen LogP contribution in [0.15, 0.2) is 0 Å². The van der Waals surface area contributed by atoms with Gasteiger partial charge >= 0.3 is 0 Å². The average molecular weight is 174 g/mol. The molecular weight excluding hydrogens is 156 g/mol. The second-order valence-electron chi connectivity index (χ2n) is 3.10. The van der Waals surface area contributed by atoms with Gasteiger partial charge in [-0.1, -0.05) is 6.92 Å². The molecule has 11 heavy (non-hydrogen) atoms. The zero-order chi connectivity index (χ0) is 8.27. The Morgan fingerprint density at radius 1 is 1.27 bits per heavy atom. The van der Waals surface area contributed by atoms with Crippen molar-refractivity contribution in [1.82, 2.24) is 9.80 Å². The van der Waals surface area contributed by atoms with Crippen LogP contribution in [0, 0.1) is 0 Å². The fourth-order valence-corrected chi connectivity index (χ4v) is 1.68. The van der Waals surface area contributed by atoms with Gasteiger partial charge in [0.15, 0.2) is 0 Å². The van der Waals surface area contributed by atoms with E-state index in [0.29, 0.717) is 5.37 Å². The van der Waals surface area contributed by atoms with Gasteiger partial charge in [-0.25, -0.2) is 0 Å². The summed E-state index contributed by atoms with van der Waals surface area (Å²) in [6.45, 7) is 10.3. The Morgan fingerprint density at radius 3 is 2.18 bits per heavy atom. The molecule has 1 rings (SSSR count). The first kappa shape index (κ1) is 9.36. The van der Waals surface area contributed by atoms with Crippen LogP contribution in [-0.4, -0.2) is 47.9 Å². The van der Waals surface area contributed by atoms with E-state index in [1.807, 2.05) is 0 Å². The van der Waals surface area contributed by atoms with E-state index in [0.717, 1.165) is 0 Å². The van der Waals surface area contributed by atoms with Gasteiger partial charge in [0.05, 0.1) is 0 Å². The zero-order valence-corrected chi connectivity index (χ0v) is 8.35. The van der Waals surface area contributed by atoms with E-state index in [2.05, 4.69) is 36.3 Å². The predicted octanol–water partition coefficient (Wildman–Crippen LogP) is 0.900. The zero-order valence-electron chi connectivity index (χ0n) is 7.45. The van der Waals surface area contributed by atoms with Gasteiger partial charge < -0.3 is 4.90 Å². The number of hydrogen-bond acceptors (Lipinski definition) is 3. The topological polar surface area (TPSA) is 6.48 Å². The molecule has 0 spiro atoms. The molecule has 1 saturated heterocycles. The van der Waals surface area contributed by atoms with Crippen molar-refractivity contribution in [2.75, 3.05) is 32.7 Å². The molecule has 1 aliphatic heterocycles. The summed E-state index contributed by atoms with van der Waals surface area (Å²) in [7, 11) is 0. The maximum atomic E-state index is 4.41. The first-order chi connectivity index (χ1) is 5.24. The van der Waals surface area contributed by atoms with Crippen molar-refractivity contribution < 1.29 is 0 Å². The number of rotatable bonds is 2. The molecule has 0 radical (unpaired) electrons. The van der Waals surface area contributed by atoms with Crippen molar-refractivity contribution in [3.05, 3.63) is 0 Å². The first-order valence-electron chi connectivity index (χ1n) is 4.38. The van der Waals surface area contributed by atoms with Crippen molar-refractivity contribution in [3.63, 3.8) is 0 Å². The molecule has 0 unspecified atom stereocenters. The van der Waals surface area contributed by atoms with Crippen LogP contribution in [0.4, 0.5) is 0 Å². The van der Waals surface area contributed by atoms with Crippen LogP contribution in [-0.2, 0) is 0 Å². The van der Waals surface area contributed by atoms with Gasteiger partial charge in [0.1, 0.15) is 0 Å².